The molecule has 1 saturated heterocycles. The molecule has 1 aromatic heterocycles. The highest BCUT2D eigenvalue weighted by Gasteiger charge is 2.27. The number of amides is 1. The van der Waals surface area contributed by atoms with Gasteiger partial charge in [-0.25, -0.2) is 5.10 Å². The quantitative estimate of drug-likeness (QED) is 0.649. The first-order valence-corrected chi connectivity index (χ1v) is 7.87. The Morgan fingerprint density at radius 2 is 1.92 bits per heavy atom. The number of nitro groups is 1. The lowest BCUT2D eigenvalue weighted by molar-refractivity contribution is -0.384. The van der Waals surface area contributed by atoms with Crippen LogP contribution in [0.2, 0.25) is 5.02 Å². The molecule has 130 valence electrons. The van der Waals surface area contributed by atoms with Crippen molar-refractivity contribution >= 4 is 28.9 Å². The highest BCUT2D eigenvalue weighted by Crippen LogP contribution is 2.31. The van der Waals surface area contributed by atoms with Crippen molar-refractivity contribution in [2.24, 2.45) is 0 Å². The van der Waals surface area contributed by atoms with E-state index in [0.29, 0.717) is 36.9 Å². The molecule has 3 rings (SSSR count). The van der Waals surface area contributed by atoms with Gasteiger partial charge in [0.2, 0.25) is 0 Å². The summed E-state index contributed by atoms with van der Waals surface area (Å²) in [5, 5.41) is 17.5. The number of anilines is 1. The van der Waals surface area contributed by atoms with Crippen LogP contribution in [0.1, 0.15) is 10.5 Å². The lowest BCUT2D eigenvalue weighted by Crippen LogP contribution is -2.49. The van der Waals surface area contributed by atoms with E-state index in [9.17, 15) is 19.7 Å². The van der Waals surface area contributed by atoms with Gasteiger partial charge in [0, 0.05) is 43.3 Å². The number of aromatic nitrogens is 2. The standard InChI is InChI=1S/C15H14ClN5O4/c16-10-1-3-12(13(9-10)21(24)25)19-5-7-20(8-6-19)15(23)11-2-4-14(22)18-17-11/h1-4,9H,5-8H2,(H,18,22). The van der Waals surface area contributed by atoms with E-state index in [4.69, 9.17) is 11.6 Å². The zero-order chi connectivity index (χ0) is 18.0. The first kappa shape index (κ1) is 16.9. The Morgan fingerprint density at radius 3 is 2.52 bits per heavy atom. The molecule has 1 fully saturated rings. The lowest BCUT2D eigenvalue weighted by atomic mass is 10.2. The van der Waals surface area contributed by atoms with Crippen LogP contribution in [0.4, 0.5) is 11.4 Å². The molecule has 2 aromatic rings. The van der Waals surface area contributed by atoms with Crippen molar-refractivity contribution in [3.05, 3.63) is 61.5 Å². The Hall–Kier alpha value is -2.94. The van der Waals surface area contributed by atoms with Gasteiger partial charge in [-0.2, -0.15) is 5.10 Å². The zero-order valence-electron chi connectivity index (χ0n) is 13.0. The number of aromatic amines is 1. The van der Waals surface area contributed by atoms with Crippen LogP contribution in [0.25, 0.3) is 0 Å². The van der Waals surface area contributed by atoms with Gasteiger partial charge in [-0.1, -0.05) is 11.6 Å². The molecule has 2 heterocycles. The number of hydrogen-bond acceptors (Lipinski definition) is 6. The van der Waals surface area contributed by atoms with E-state index < -0.39 is 4.92 Å². The maximum atomic E-state index is 12.4. The van der Waals surface area contributed by atoms with Crippen LogP contribution in [-0.2, 0) is 0 Å². The summed E-state index contributed by atoms with van der Waals surface area (Å²) in [5.74, 6) is -0.290. The number of carbonyl (C=O) groups is 1. The summed E-state index contributed by atoms with van der Waals surface area (Å²) in [5.41, 5.74) is 0.195. The van der Waals surface area contributed by atoms with E-state index in [1.165, 1.54) is 18.2 Å². The van der Waals surface area contributed by atoms with E-state index in [-0.39, 0.29) is 22.8 Å². The third-order valence-electron chi connectivity index (χ3n) is 3.94. The molecule has 0 spiro atoms. The van der Waals surface area contributed by atoms with Crippen LogP contribution >= 0.6 is 11.6 Å². The van der Waals surface area contributed by atoms with E-state index in [2.05, 4.69) is 10.2 Å². The summed E-state index contributed by atoms with van der Waals surface area (Å²) in [4.78, 5) is 37.6. The summed E-state index contributed by atoms with van der Waals surface area (Å²) < 4.78 is 0. The molecule has 9 nitrogen and oxygen atoms in total. The van der Waals surface area contributed by atoms with Crippen LogP contribution < -0.4 is 10.5 Å². The van der Waals surface area contributed by atoms with Crippen molar-refractivity contribution < 1.29 is 9.72 Å². The minimum Gasteiger partial charge on any atom is -0.362 e. The van der Waals surface area contributed by atoms with E-state index >= 15 is 0 Å². The topological polar surface area (TPSA) is 112 Å². The number of H-pyrrole nitrogens is 1. The van der Waals surface area contributed by atoms with E-state index in [1.807, 2.05) is 4.90 Å². The van der Waals surface area contributed by atoms with Crippen molar-refractivity contribution in [2.75, 3.05) is 31.1 Å². The molecule has 0 radical (unpaired) electrons. The fraction of sp³-hybridized carbons (Fsp3) is 0.267. The Bertz CT molecular complexity index is 856. The minimum absolute atomic E-state index is 0.0606. The Balaban J connectivity index is 1.72. The second kappa shape index (κ2) is 6.89. The molecule has 10 heteroatoms. The van der Waals surface area contributed by atoms with Gasteiger partial charge in [0.05, 0.1) is 4.92 Å². The normalized spacial score (nSPS) is 14.4. The van der Waals surface area contributed by atoms with Crippen LogP contribution in [0.5, 0.6) is 0 Å². The first-order valence-electron chi connectivity index (χ1n) is 7.49. The smallest absolute Gasteiger partial charge is 0.294 e. The average molecular weight is 364 g/mol. The predicted octanol–water partition coefficient (Wildman–Crippen LogP) is 1.29. The fourth-order valence-electron chi connectivity index (χ4n) is 2.69. The molecule has 1 amide bonds. The van der Waals surface area contributed by atoms with Gasteiger partial charge in [0.1, 0.15) is 11.4 Å². The van der Waals surface area contributed by atoms with Crippen LogP contribution in [0, 0.1) is 10.1 Å². The number of nitro benzene ring substituents is 1. The molecule has 25 heavy (non-hydrogen) atoms. The van der Waals surface area contributed by atoms with Crippen LogP contribution in [0.3, 0.4) is 0 Å². The van der Waals surface area contributed by atoms with Gasteiger partial charge >= 0.3 is 0 Å². The molecule has 0 saturated carbocycles. The SMILES string of the molecule is O=C(c1ccc(=O)[nH]n1)N1CCN(c2ccc(Cl)cc2[N+](=O)[O-])CC1. The van der Waals surface area contributed by atoms with Gasteiger partial charge in [-0.15, -0.1) is 0 Å². The number of piperazine rings is 1. The number of carbonyl (C=O) groups excluding carboxylic acids is 1. The van der Waals surface area contributed by atoms with Crippen molar-refractivity contribution in [3.63, 3.8) is 0 Å². The molecule has 0 bridgehead atoms. The van der Waals surface area contributed by atoms with Crippen molar-refractivity contribution in [2.45, 2.75) is 0 Å². The van der Waals surface area contributed by atoms with Gasteiger partial charge < -0.3 is 9.80 Å². The van der Waals surface area contributed by atoms with Gasteiger partial charge in [-0.05, 0) is 18.2 Å². The average Bonchev–Trinajstić information content (AvgIpc) is 2.62. The largest absolute Gasteiger partial charge is 0.362 e. The summed E-state index contributed by atoms with van der Waals surface area (Å²) >= 11 is 5.84. The molecule has 1 N–H and O–H groups in total. The lowest BCUT2D eigenvalue weighted by Gasteiger charge is -2.35. The summed E-state index contributed by atoms with van der Waals surface area (Å²) in [7, 11) is 0. The summed E-state index contributed by atoms with van der Waals surface area (Å²) in [6.07, 6.45) is 0. The Kier molecular flexibility index (Phi) is 4.66. The van der Waals surface area contributed by atoms with Crippen LogP contribution in [-0.4, -0.2) is 52.1 Å². The molecular weight excluding hydrogens is 350 g/mol. The first-order chi connectivity index (χ1) is 12.0. The Morgan fingerprint density at radius 1 is 1.20 bits per heavy atom. The van der Waals surface area contributed by atoms with E-state index in [1.54, 1.807) is 17.0 Å². The number of benzene rings is 1. The van der Waals surface area contributed by atoms with Gasteiger partial charge in [0.25, 0.3) is 17.2 Å². The Labute approximate surface area is 147 Å². The van der Waals surface area contributed by atoms with Crippen LogP contribution in [0.15, 0.2) is 35.1 Å². The van der Waals surface area contributed by atoms with Gasteiger partial charge in [-0.3, -0.25) is 19.7 Å². The monoisotopic (exact) mass is 363 g/mol. The highest BCUT2D eigenvalue weighted by molar-refractivity contribution is 6.30. The van der Waals surface area contributed by atoms with Crippen molar-refractivity contribution in [3.8, 4) is 0 Å². The molecular formula is C15H14ClN5O4. The number of hydrogen-bond donors (Lipinski definition) is 1. The second-order valence-electron chi connectivity index (χ2n) is 5.48. The zero-order valence-corrected chi connectivity index (χ0v) is 13.8. The van der Waals surface area contributed by atoms with E-state index in [0.717, 1.165) is 0 Å². The maximum Gasteiger partial charge on any atom is 0.294 e. The second-order valence-corrected chi connectivity index (χ2v) is 5.91. The molecule has 1 aliphatic heterocycles. The third kappa shape index (κ3) is 3.61. The number of nitrogens with zero attached hydrogens (tertiary/aromatic N) is 4. The van der Waals surface area contributed by atoms with Crippen molar-refractivity contribution in [1.29, 1.82) is 0 Å². The number of halogens is 1. The number of nitrogens with one attached hydrogen (secondary N) is 1. The summed E-state index contributed by atoms with van der Waals surface area (Å²) in [6, 6.07) is 7.15. The maximum absolute atomic E-state index is 12.4. The molecule has 0 unspecified atom stereocenters. The molecule has 0 atom stereocenters. The minimum atomic E-state index is -0.469. The fourth-order valence-corrected chi connectivity index (χ4v) is 2.85. The third-order valence-corrected chi connectivity index (χ3v) is 4.18. The van der Waals surface area contributed by atoms with Gasteiger partial charge in [0.15, 0.2) is 0 Å². The number of rotatable bonds is 3. The predicted molar refractivity (Wildman–Crippen MR) is 91.1 cm³/mol. The molecule has 0 aliphatic carbocycles. The van der Waals surface area contributed by atoms with Crippen molar-refractivity contribution in [1.82, 2.24) is 15.1 Å². The highest BCUT2D eigenvalue weighted by atomic mass is 35.5. The molecule has 1 aliphatic rings. The summed E-state index contributed by atoms with van der Waals surface area (Å²) in [6.45, 7) is 1.66. The molecule has 1 aromatic carbocycles.